The van der Waals surface area contributed by atoms with Crippen LogP contribution < -0.4 is 5.32 Å². The van der Waals surface area contributed by atoms with Crippen molar-refractivity contribution >= 4 is 5.82 Å². The van der Waals surface area contributed by atoms with Crippen LogP contribution in [0.4, 0.5) is 19.0 Å². The molecule has 1 rings (SSSR count). The number of nitrogens with zero attached hydrogens (tertiary/aromatic N) is 2. The van der Waals surface area contributed by atoms with Gasteiger partial charge < -0.3 is 5.32 Å². The Balaban J connectivity index is 2.72. The highest BCUT2D eigenvalue weighted by molar-refractivity contribution is 5.35. The predicted molar refractivity (Wildman–Crippen MR) is 59.9 cm³/mol. The molecule has 0 bridgehead atoms. The van der Waals surface area contributed by atoms with Crippen molar-refractivity contribution in [2.45, 2.75) is 38.8 Å². The molecule has 1 aromatic rings. The molecule has 0 radical (unpaired) electrons. The van der Waals surface area contributed by atoms with Gasteiger partial charge in [0.1, 0.15) is 18.7 Å². The summed E-state index contributed by atoms with van der Waals surface area (Å²) in [6.45, 7) is 2.98. The maximum Gasteiger partial charge on any atom is 0.405 e. The second-order valence-corrected chi connectivity index (χ2v) is 3.81. The summed E-state index contributed by atoms with van der Waals surface area (Å²) >= 11 is 0. The molecule has 1 heterocycles. The molecule has 0 fully saturated rings. The van der Waals surface area contributed by atoms with Gasteiger partial charge in [0.15, 0.2) is 0 Å². The first-order valence-corrected chi connectivity index (χ1v) is 5.58. The summed E-state index contributed by atoms with van der Waals surface area (Å²) in [5.41, 5.74) is 0.787. The Morgan fingerprint density at radius 3 is 2.41 bits per heavy atom. The lowest BCUT2D eigenvalue weighted by molar-refractivity contribution is -0.115. The summed E-state index contributed by atoms with van der Waals surface area (Å²) in [6, 6.07) is 1.59. The molecule has 0 amide bonds. The highest BCUT2D eigenvalue weighted by Crippen LogP contribution is 2.22. The molecular formula is C11H16F3N3. The minimum Gasteiger partial charge on any atom is -0.361 e. The Kier molecular flexibility index (Phi) is 4.72. The van der Waals surface area contributed by atoms with Gasteiger partial charge in [0.2, 0.25) is 0 Å². The van der Waals surface area contributed by atoms with Crippen molar-refractivity contribution in [3.8, 4) is 0 Å². The van der Waals surface area contributed by atoms with Crippen molar-refractivity contribution in [2.24, 2.45) is 0 Å². The lowest BCUT2D eigenvalue weighted by atomic mass is 9.99. The van der Waals surface area contributed by atoms with Crippen LogP contribution in [0, 0.1) is 0 Å². The van der Waals surface area contributed by atoms with Gasteiger partial charge in [-0.05, 0) is 12.8 Å². The third-order valence-electron chi connectivity index (χ3n) is 2.56. The fourth-order valence-corrected chi connectivity index (χ4v) is 1.59. The smallest absolute Gasteiger partial charge is 0.361 e. The van der Waals surface area contributed by atoms with E-state index in [1.54, 1.807) is 6.07 Å². The molecule has 0 atom stereocenters. The van der Waals surface area contributed by atoms with E-state index >= 15 is 0 Å². The zero-order valence-electron chi connectivity index (χ0n) is 9.88. The molecule has 0 aliphatic rings. The van der Waals surface area contributed by atoms with Gasteiger partial charge >= 0.3 is 6.18 Å². The molecule has 0 spiro atoms. The van der Waals surface area contributed by atoms with Crippen LogP contribution in [0.5, 0.6) is 0 Å². The zero-order chi connectivity index (χ0) is 12.9. The normalized spacial score (nSPS) is 11.9. The van der Waals surface area contributed by atoms with Gasteiger partial charge in [-0.2, -0.15) is 13.2 Å². The van der Waals surface area contributed by atoms with E-state index < -0.39 is 12.7 Å². The van der Waals surface area contributed by atoms with Gasteiger partial charge in [-0.1, -0.05) is 13.8 Å². The molecule has 96 valence electrons. The van der Waals surface area contributed by atoms with Crippen molar-refractivity contribution in [1.29, 1.82) is 0 Å². The Bertz CT molecular complexity index is 348. The molecule has 6 heteroatoms. The average Bonchev–Trinajstić information content (AvgIpc) is 2.28. The SMILES string of the molecule is CCC(CC)c1cc(NCC(F)(F)F)ncn1. The molecular weight excluding hydrogens is 231 g/mol. The first-order chi connectivity index (χ1) is 7.96. The molecule has 0 unspecified atom stereocenters. The molecule has 17 heavy (non-hydrogen) atoms. The van der Waals surface area contributed by atoms with Crippen LogP contribution in [0.2, 0.25) is 0 Å². The Hall–Kier alpha value is -1.33. The van der Waals surface area contributed by atoms with Crippen LogP contribution in [0.25, 0.3) is 0 Å². The summed E-state index contributed by atoms with van der Waals surface area (Å²) in [6.07, 6.45) is -1.12. The first kappa shape index (κ1) is 13.7. The number of nitrogens with one attached hydrogen (secondary N) is 1. The van der Waals surface area contributed by atoms with Crippen LogP contribution >= 0.6 is 0 Å². The molecule has 0 saturated carbocycles. The second kappa shape index (κ2) is 5.84. The molecule has 0 aromatic carbocycles. The van der Waals surface area contributed by atoms with E-state index in [2.05, 4.69) is 15.3 Å². The van der Waals surface area contributed by atoms with E-state index in [1.807, 2.05) is 13.8 Å². The highest BCUT2D eigenvalue weighted by Gasteiger charge is 2.26. The van der Waals surface area contributed by atoms with E-state index in [4.69, 9.17) is 0 Å². The number of alkyl halides is 3. The fourth-order valence-electron chi connectivity index (χ4n) is 1.59. The molecule has 0 saturated heterocycles. The number of hydrogen-bond donors (Lipinski definition) is 1. The van der Waals surface area contributed by atoms with Crippen LogP contribution in [-0.4, -0.2) is 22.7 Å². The maximum atomic E-state index is 12.0. The predicted octanol–water partition coefficient (Wildman–Crippen LogP) is 3.35. The van der Waals surface area contributed by atoms with Gasteiger partial charge in [-0.3, -0.25) is 0 Å². The summed E-state index contributed by atoms with van der Waals surface area (Å²) in [5, 5.41) is 2.25. The van der Waals surface area contributed by atoms with Gasteiger partial charge in [-0.15, -0.1) is 0 Å². The molecule has 1 N–H and O–H groups in total. The number of rotatable bonds is 5. The lowest BCUT2D eigenvalue weighted by Gasteiger charge is -2.13. The standard InChI is InChI=1S/C11H16F3N3/c1-3-8(4-2)9-5-10(17-7-16-9)15-6-11(12,13)14/h5,7-8H,3-4,6H2,1-2H3,(H,15,16,17). The monoisotopic (exact) mass is 247 g/mol. The average molecular weight is 247 g/mol. The van der Waals surface area contributed by atoms with E-state index in [9.17, 15) is 13.2 Å². The topological polar surface area (TPSA) is 37.8 Å². The van der Waals surface area contributed by atoms with Gasteiger partial charge in [0, 0.05) is 17.7 Å². The van der Waals surface area contributed by atoms with Gasteiger partial charge in [0.25, 0.3) is 0 Å². The zero-order valence-corrected chi connectivity index (χ0v) is 9.88. The minimum atomic E-state index is -4.24. The maximum absolute atomic E-state index is 12.0. The highest BCUT2D eigenvalue weighted by atomic mass is 19.4. The molecule has 3 nitrogen and oxygen atoms in total. The third-order valence-corrected chi connectivity index (χ3v) is 2.56. The van der Waals surface area contributed by atoms with Crippen molar-refractivity contribution in [1.82, 2.24) is 9.97 Å². The van der Waals surface area contributed by atoms with E-state index in [0.29, 0.717) is 0 Å². The van der Waals surface area contributed by atoms with E-state index in [0.717, 1.165) is 18.5 Å². The largest absolute Gasteiger partial charge is 0.405 e. The summed E-state index contributed by atoms with van der Waals surface area (Å²) in [5.74, 6) is 0.490. The first-order valence-electron chi connectivity index (χ1n) is 5.58. The summed E-state index contributed by atoms with van der Waals surface area (Å²) in [4.78, 5) is 7.86. The second-order valence-electron chi connectivity index (χ2n) is 3.81. The van der Waals surface area contributed by atoms with Crippen molar-refractivity contribution in [3.05, 3.63) is 18.1 Å². The molecule has 0 aliphatic carbocycles. The van der Waals surface area contributed by atoms with Crippen molar-refractivity contribution < 1.29 is 13.2 Å². The van der Waals surface area contributed by atoms with E-state index in [1.165, 1.54) is 6.33 Å². The number of hydrogen-bond acceptors (Lipinski definition) is 3. The minimum absolute atomic E-state index is 0.222. The van der Waals surface area contributed by atoms with Crippen LogP contribution in [0.3, 0.4) is 0 Å². The van der Waals surface area contributed by atoms with Crippen LogP contribution in [0.15, 0.2) is 12.4 Å². The Labute approximate surface area is 98.5 Å². The third kappa shape index (κ3) is 4.58. The van der Waals surface area contributed by atoms with Crippen LogP contribution in [0.1, 0.15) is 38.3 Å². The quantitative estimate of drug-likeness (QED) is 0.867. The molecule has 0 aliphatic heterocycles. The van der Waals surface area contributed by atoms with E-state index in [-0.39, 0.29) is 11.7 Å². The Morgan fingerprint density at radius 1 is 1.24 bits per heavy atom. The number of halogens is 3. The fraction of sp³-hybridized carbons (Fsp3) is 0.636. The van der Waals surface area contributed by atoms with Crippen molar-refractivity contribution in [2.75, 3.05) is 11.9 Å². The number of anilines is 1. The lowest BCUT2D eigenvalue weighted by Crippen LogP contribution is -2.22. The summed E-state index contributed by atoms with van der Waals surface area (Å²) < 4.78 is 36.1. The van der Waals surface area contributed by atoms with Crippen molar-refractivity contribution in [3.63, 3.8) is 0 Å². The summed E-state index contributed by atoms with van der Waals surface area (Å²) in [7, 11) is 0. The Morgan fingerprint density at radius 2 is 1.88 bits per heavy atom. The number of aromatic nitrogens is 2. The van der Waals surface area contributed by atoms with Gasteiger partial charge in [-0.25, -0.2) is 9.97 Å². The molecule has 1 aromatic heterocycles. The van der Waals surface area contributed by atoms with Crippen LogP contribution in [-0.2, 0) is 0 Å². The van der Waals surface area contributed by atoms with Gasteiger partial charge in [0.05, 0.1) is 0 Å².